The molecule has 5 aliphatic rings. The molecule has 168 valence electrons. The van der Waals surface area contributed by atoms with Gasteiger partial charge in [0.05, 0.1) is 11.0 Å². The molecule has 0 saturated heterocycles. The van der Waals surface area contributed by atoms with Gasteiger partial charge in [0, 0.05) is 19.4 Å². The smallest absolute Gasteiger partial charge is 0.331 e. The van der Waals surface area contributed by atoms with Gasteiger partial charge in [0.25, 0.3) is 0 Å². The number of hydrogen-bond acceptors (Lipinski definition) is 6. The molecule has 0 aromatic carbocycles. The van der Waals surface area contributed by atoms with Crippen LogP contribution in [0.4, 0.5) is 0 Å². The summed E-state index contributed by atoms with van der Waals surface area (Å²) in [6, 6.07) is 0. The van der Waals surface area contributed by atoms with Crippen molar-refractivity contribution in [2.24, 2.45) is 28.6 Å². The van der Waals surface area contributed by atoms with E-state index < -0.39 is 11.0 Å². The van der Waals surface area contributed by atoms with Gasteiger partial charge in [-0.3, -0.25) is 4.79 Å². The van der Waals surface area contributed by atoms with E-state index in [1.165, 1.54) is 12.5 Å². The Morgan fingerprint density at radius 1 is 1.26 bits per heavy atom. The minimum Gasteiger partial charge on any atom is -0.462 e. The summed E-state index contributed by atoms with van der Waals surface area (Å²) in [5.41, 5.74) is 0.596. The predicted octanol–water partition coefficient (Wildman–Crippen LogP) is 3.27. The van der Waals surface area contributed by atoms with E-state index in [1.807, 2.05) is 0 Å². The lowest BCUT2D eigenvalue weighted by molar-refractivity contribution is -0.206. The van der Waals surface area contributed by atoms with E-state index in [4.69, 9.17) is 9.47 Å². The molecular weight excluding hydrogens is 396 g/mol. The molecule has 4 aliphatic carbocycles. The monoisotopic (exact) mass is 428 g/mol. The third-order valence-corrected chi connectivity index (χ3v) is 9.38. The molecule has 0 amide bonds. The van der Waals surface area contributed by atoms with Crippen molar-refractivity contribution < 1.29 is 29.0 Å². The van der Waals surface area contributed by atoms with Crippen LogP contribution in [-0.4, -0.2) is 41.6 Å². The molecule has 0 unspecified atom stereocenters. The van der Waals surface area contributed by atoms with Crippen LogP contribution in [0, 0.1) is 28.6 Å². The third-order valence-electron chi connectivity index (χ3n) is 9.38. The van der Waals surface area contributed by atoms with Crippen molar-refractivity contribution in [2.45, 2.75) is 76.9 Å². The van der Waals surface area contributed by atoms with Crippen molar-refractivity contribution in [3.05, 3.63) is 23.3 Å². The average molecular weight is 429 g/mol. The van der Waals surface area contributed by atoms with Crippen LogP contribution in [0.1, 0.15) is 65.2 Å². The standard InChI is InChI=1S/C25H32O6/c1-15(27)31-17-5-9-24(14-26)21-7-8-23(2)19(16-11-22(28)30-13-16)3-4-20(23)18(21)6-10-25(24,29)12-17/h4,11,14,17-19,21,29H,3,5-10,12-13H2,1-2H3/t17-,18-,19+,21-,23+,24-,25-/m0/s1. The van der Waals surface area contributed by atoms with Crippen LogP contribution in [0.5, 0.6) is 0 Å². The van der Waals surface area contributed by atoms with Crippen molar-refractivity contribution in [1.82, 2.24) is 0 Å². The zero-order chi connectivity index (χ0) is 22.0. The molecule has 7 atom stereocenters. The van der Waals surface area contributed by atoms with E-state index in [1.54, 1.807) is 6.08 Å². The molecule has 0 bridgehead atoms. The highest BCUT2D eigenvalue weighted by atomic mass is 16.5. The third kappa shape index (κ3) is 2.90. The molecule has 3 fully saturated rings. The second-order valence-electron chi connectivity index (χ2n) is 10.6. The Kier molecular flexibility index (Phi) is 4.74. The second kappa shape index (κ2) is 7.03. The maximum atomic E-state index is 12.6. The molecule has 0 spiro atoms. The molecule has 0 aromatic rings. The molecule has 31 heavy (non-hydrogen) atoms. The first-order valence-electron chi connectivity index (χ1n) is 11.7. The molecule has 1 N–H and O–H groups in total. The van der Waals surface area contributed by atoms with Gasteiger partial charge in [-0.25, -0.2) is 4.79 Å². The Hall–Kier alpha value is -1.95. The number of carbonyl (C=O) groups is 3. The fourth-order valence-corrected chi connectivity index (χ4v) is 7.98. The lowest BCUT2D eigenvalue weighted by Crippen LogP contribution is -2.64. The van der Waals surface area contributed by atoms with Crippen LogP contribution in [-0.2, 0) is 23.9 Å². The number of ether oxygens (including phenoxy) is 2. The van der Waals surface area contributed by atoms with Crippen molar-refractivity contribution in [3.63, 3.8) is 0 Å². The van der Waals surface area contributed by atoms with E-state index in [9.17, 15) is 19.5 Å². The maximum Gasteiger partial charge on any atom is 0.331 e. The Labute approximate surface area is 183 Å². The lowest BCUT2D eigenvalue weighted by atomic mass is 9.44. The number of cyclic esters (lactones) is 1. The Bertz CT molecular complexity index is 888. The van der Waals surface area contributed by atoms with E-state index in [0.717, 1.165) is 37.5 Å². The minimum atomic E-state index is -1.12. The lowest BCUT2D eigenvalue weighted by Gasteiger charge is -2.61. The summed E-state index contributed by atoms with van der Waals surface area (Å²) in [6.45, 7) is 4.10. The van der Waals surface area contributed by atoms with Gasteiger partial charge in [-0.15, -0.1) is 0 Å². The summed E-state index contributed by atoms with van der Waals surface area (Å²) >= 11 is 0. The van der Waals surface area contributed by atoms with E-state index in [0.29, 0.717) is 32.3 Å². The number of allylic oxidation sites excluding steroid dienone is 2. The first kappa shape index (κ1) is 20.9. The zero-order valence-corrected chi connectivity index (χ0v) is 18.4. The van der Waals surface area contributed by atoms with Gasteiger partial charge in [-0.1, -0.05) is 18.6 Å². The molecule has 0 aromatic heterocycles. The maximum absolute atomic E-state index is 12.6. The minimum absolute atomic E-state index is 0.0184. The number of aldehydes is 1. The second-order valence-corrected chi connectivity index (χ2v) is 10.6. The molecule has 1 aliphatic heterocycles. The highest BCUT2D eigenvalue weighted by Gasteiger charge is 2.65. The molecule has 1 heterocycles. The van der Waals surface area contributed by atoms with Gasteiger partial charge < -0.3 is 19.4 Å². The van der Waals surface area contributed by atoms with E-state index in [-0.39, 0.29) is 41.2 Å². The quantitative estimate of drug-likeness (QED) is 0.422. The SMILES string of the molecule is CC(=O)O[C@H]1CC[C@]2(C=O)[C@H]3CC[C@@]4(C)C(=CC[C@@H]4C4=CC(=O)OC4)[C@@H]3CC[C@]2(O)C1. The highest BCUT2D eigenvalue weighted by Crippen LogP contribution is 2.67. The predicted molar refractivity (Wildman–Crippen MR) is 112 cm³/mol. The molecule has 5 rings (SSSR count). The summed E-state index contributed by atoms with van der Waals surface area (Å²) in [4.78, 5) is 35.8. The first-order valence-corrected chi connectivity index (χ1v) is 11.7. The van der Waals surface area contributed by atoms with Crippen molar-refractivity contribution in [3.8, 4) is 0 Å². The summed E-state index contributed by atoms with van der Waals surface area (Å²) in [5.74, 6) is 0.0873. The molecule has 6 nitrogen and oxygen atoms in total. The van der Waals surface area contributed by atoms with Gasteiger partial charge in [-0.05, 0) is 73.7 Å². The van der Waals surface area contributed by atoms with Gasteiger partial charge in [0.2, 0.25) is 0 Å². The fraction of sp³-hybridized carbons (Fsp3) is 0.720. The Morgan fingerprint density at radius 2 is 2.06 bits per heavy atom. The molecule has 3 saturated carbocycles. The van der Waals surface area contributed by atoms with Crippen LogP contribution in [0.25, 0.3) is 0 Å². The first-order chi connectivity index (χ1) is 14.7. The van der Waals surface area contributed by atoms with Gasteiger partial charge in [-0.2, -0.15) is 0 Å². The number of carbonyl (C=O) groups excluding carboxylic acids is 3. The molecule has 6 heteroatoms. The number of aliphatic hydroxyl groups is 1. The number of rotatable bonds is 3. The van der Waals surface area contributed by atoms with Crippen molar-refractivity contribution in [1.29, 1.82) is 0 Å². The molecular formula is C25H32O6. The normalized spacial score (nSPS) is 46.1. The van der Waals surface area contributed by atoms with E-state index in [2.05, 4.69) is 13.0 Å². The Morgan fingerprint density at radius 3 is 2.74 bits per heavy atom. The zero-order valence-electron chi connectivity index (χ0n) is 18.4. The highest BCUT2D eigenvalue weighted by molar-refractivity contribution is 5.85. The van der Waals surface area contributed by atoms with Crippen LogP contribution >= 0.6 is 0 Å². The topological polar surface area (TPSA) is 89.9 Å². The van der Waals surface area contributed by atoms with Gasteiger partial charge >= 0.3 is 11.9 Å². The van der Waals surface area contributed by atoms with Crippen LogP contribution in [0.3, 0.4) is 0 Å². The van der Waals surface area contributed by atoms with Crippen LogP contribution < -0.4 is 0 Å². The molecule has 0 radical (unpaired) electrons. The summed E-state index contributed by atoms with van der Waals surface area (Å²) in [6.07, 6.45) is 10.4. The van der Waals surface area contributed by atoms with Gasteiger partial charge in [0.1, 0.15) is 19.0 Å². The van der Waals surface area contributed by atoms with Crippen molar-refractivity contribution >= 4 is 18.2 Å². The van der Waals surface area contributed by atoms with Crippen LogP contribution in [0.15, 0.2) is 23.3 Å². The van der Waals surface area contributed by atoms with Crippen molar-refractivity contribution in [2.75, 3.05) is 6.61 Å². The Balaban J connectivity index is 1.43. The fourth-order valence-electron chi connectivity index (χ4n) is 7.98. The number of hydrogen-bond donors (Lipinski definition) is 1. The summed E-state index contributed by atoms with van der Waals surface area (Å²) < 4.78 is 10.6. The van der Waals surface area contributed by atoms with Crippen LogP contribution in [0.2, 0.25) is 0 Å². The van der Waals surface area contributed by atoms with E-state index >= 15 is 0 Å². The number of fused-ring (bicyclic) bond motifs is 5. The summed E-state index contributed by atoms with van der Waals surface area (Å²) in [5, 5.41) is 11.7. The summed E-state index contributed by atoms with van der Waals surface area (Å²) in [7, 11) is 0. The van der Waals surface area contributed by atoms with Gasteiger partial charge in [0.15, 0.2) is 0 Å². The average Bonchev–Trinajstić information content (AvgIpc) is 3.29. The largest absolute Gasteiger partial charge is 0.462 e. The number of esters is 2.